The fraction of sp³-hybridized carbons (Fsp3) is 0.500. The number of methoxy groups -OCH3 is 1. The summed E-state index contributed by atoms with van der Waals surface area (Å²) in [5.74, 6) is 0.833. The van der Waals surface area contributed by atoms with Crippen molar-refractivity contribution in [1.82, 2.24) is 10.6 Å². The number of nitrogens with one attached hydrogen (secondary N) is 2. The lowest BCUT2D eigenvalue weighted by Gasteiger charge is -2.18. The van der Waals surface area contributed by atoms with E-state index in [2.05, 4.69) is 40.4 Å². The molecule has 1 atom stereocenters. The molecule has 1 rings (SSSR count). The van der Waals surface area contributed by atoms with Crippen LogP contribution in [-0.2, 0) is 0 Å². The zero-order chi connectivity index (χ0) is 14.3. The Hall–Kier alpha value is -0.810. The Balaban J connectivity index is 2.55. The summed E-state index contributed by atoms with van der Waals surface area (Å²) in [4.78, 5) is 0. The molecule has 0 aliphatic rings. The average molecular weight is 345 g/mol. The summed E-state index contributed by atoms with van der Waals surface area (Å²) in [6.07, 6.45) is 2.29. The lowest BCUT2D eigenvalue weighted by atomic mass is 10.1. The van der Waals surface area contributed by atoms with Crippen molar-refractivity contribution in [3.05, 3.63) is 28.2 Å². The number of hydrogen-bond donors (Lipinski definition) is 2. The molecule has 1 aromatic rings. The summed E-state index contributed by atoms with van der Waals surface area (Å²) < 4.78 is 6.17. The number of rotatable bonds is 6. The van der Waals surface area contributed by atoms with Crippen LogP contribution in [0.5, 0.6) is 5.75 Å². The van der Waals surface area contributed by atoms with Crippen molar-refractivity contribution in [2.24, 2.45) is 0 Å². The van der Waals surface area contributed by atoms with Gasteiger partial charge in [-0.1, -0.05) is 19.4 Å². The van der Waals surface area contributed by atoms with E-state index in [0.29, 0.717) is 5.11 Å². The molecular formula is C14H21BrN2OS. The van der Waals surface area contributed by atoms with Gasteiger partial charge in [-0.05, 0) is 59.2 Å². The van der Waals surface area contributed by atoms with Crippen LogP contribution in [0.15, 0.2) is 22.7 Å². The molecule has 0 aliphatic heterocycles. The summed E-state index contributed by atoms with van der Waals surface area (Å²) in [6.45, 7) is 5.17. The smallest absolute Gasteiger partial charge is 0.166 e. The fourth-order valence-electron chi connectivity index (χ4n) is 1.66. The standard InChI is InChI=1S/C14H21BrN2OS/c1-4-5-8-16-14(19)17-10(2)11-6-7-13(18-3)12(15)9-11/h6-7,9-10H,4-5,8H2,1-3H3,(H2,16,17,19)/t10-/m0/s1. The zero-order valence-corrected chi connectivity index (χ0v) is 14.0. The number of unbranched alkanes of at least 4 members (excludes halogenated alkanes) is 1. The van der Waals surface area contributed by atoms with Gasteiger partial charge in [0.2, 0.25) is 0 Å². The first-order valence-corrected chi connectivity index (χ1v) is 7.66. The van der Waals surface area contributed by atoms with Crippen molar-refractivity contribution in [3.63, 3.8) is 0 Å². The Morgan fingerprint density at radius 2 is 2.21 bits per heavy atom. The third-order valence-corrected chi connectivity index (χ3v) is 3.72. The minimum atomic E-state index is 0.156. The first-order chi connectivity index (χ1) is 9.08. The molecule has 0 fully saturated rings. The van der Waals surface area contributed by atoms with Crippen LogP contribution < -0.4 is 15.4 Å². The van der Waals surface area contributed by atoms with E-state index in [1.165, 1.54) is 0 Å². The molecule has 106 valence electrons. The Bertz CT molecular complexity index is 426. The summed E-state index contributed by atoms with van der Waals surface area (Å²) in [5, 5.41) is 7.19. The van der Waals surface area contributed by atoms with Gasteiger partial charge in [-0.2, -0.15) is 0 Å². The van der Waals surface area contributed by atoms with Gasteiger partial charge >= 0.3 is 0 Å². The van der Waals surface area contributed by atoms with Gasteiger partial charge in [0.05, 0.1) is 17.6 Å². The van der Waals surface area contributed by atoms with Crippen LogP contribution in [0, 0.1) is 0 Å². The largest absolute Gasteiger partial charge is 0.496 e. The Labute approximate surface area is 129 Å². The van der Waals surface area contributed by atoms with Crippen molar-refractivity contribution in [2.45, 2.75) is 32.7 Å². The van der Waals surface area contributed by atoms with Gasteiger partial charge in [0.15, 0.2) is 5.11 Å². The first-order valence-electron chi connectivity index (χ1n) is 6.46. The second-order valence-corrected chi connectivity index (χ2v) is 5.63. The number of benzene rings is 1. The summed E-state index contributed by atoms with van der Waals surface area (Å²) >= 11 is 8.76. The fourth-order valence-corrected chi connectivity index (χ4v) is 2.50. The summed E-state index contributed by atoms with van der Waals surface area (Å²) in [7, 11) is 1.66. The molecule has 0 radical (unpaired) electrons. The molecule has 0 aromatic heterocycles. The van der Waals surface area contributed by atoms with E-state index < -0.39 is 0 Å². The van der Waals surface area contributed by atoms with Gasteiger partial charge in [-0.3, -0.25) is 0 Å². The number of ether oxygens (including phenoxy) is 1. The second kappa shape index (κ2) is 8.38. The van der Waals surface area contributed by atoms with Gasteiger partial charge in [0.1, 0.15) is 5.75 Å². The van der Waals surface area contributed by atoms with Gasteiger partial charge < -0.3 is 15.4 Å². The minimum Gasteiger partial charge on any atom is -0.496 e. The zero-order valence-electron chi connectivity index (χ0n) is 11.6. The highest BCUT2D eigenvalue weighted by Crippen LogP contribution is 2.27. The Morgan fingerprint density at radius 1 is 1.47 bits per heavy atom. The van der Waals surface area contributed by atoms with Crippen molar-refractivity contribution in [1.29, 1.82) is 0 Å². The highest BCUT2D eigenvalue weighted by molar-refractivity contribution is 9.10. The third-order valence-electron chi connectivity index (χ3n) is 2.84. The molecule has 0 saturated heterocycles. The van der Waals surface area contributed by atoms with Gasteiger partial charge in [-0.15, -0.1) is 0 Å². The molecule has 1 aromatic carbocycles. The van der Waals surface area contributed by atoms with Gasteiger partial charge in [0, 0.05) is 6.54 Å². The topological polar surface area (TPSA) is 33.3 Å². The number of hydrogen-bond acceptors (Lipinski definition) is 2. The first kappa shape index (κ1) is 16.2. The summed E-state index contributed by atoms with van der Waals surface area (Å²) in [6, 6.07) is 6.19. The molecule has 0 saturated carbocycles. The van der Waals surface area contributed by atoms with E-state index in [-0.39, 0.29) is 6.04 Å². The molecule has 0 amide bonds. The highest BCUT2D eigenvalue weighted by Gasteiger charge is 2.09. The molecule has 19 heavy (non-hydrogen) atoms. The van der Waals surface area contributed by atoms with E-state index in [1.54, 1.807) is 7.11 Å². The SMILES string of the molecule is CCCCNC(=S)N[C@@H](C)c1ccc(OC)c(Br)c1. The van der Waals surface area contributed by atoms with Crippen LogP contribution in [0.1, 0.15) is 38.3 Å². The predicted molar refractivity (Wildman–Crippen MR) is 87.8 cm³/mol. The van der Waals surface area contributed by atoms with Crippen LogP contribution >= 0.6 is 28.1 Å². The maximum Gasteiger partial charge on any atom is 0.166 e. The summed E-state index contributed by atoms with van der Waals surface area (Å²) in [5.41, 5.74) is 1.16. The van der Waals surface area contributed by atoms with Crippen molar-refractivity contribution < 1.29 is 4.74 Å². The second-order valence-electron chi connectivity index (χ2n) is 4.37. The predicted octanol–water partition coefficient (Wildman–Crippen LogP) is 3.78. The van der Waals surface area contributed by atoms with Crippen LogP contribution in [0.3, 0.4) is 0 Å². The normalized spacial score (nSPS) is 11.8. The molecule has 0 spiro atoms. The van der Waals surface area contributed by atoms with Crippen molar-refractivity contribution in [3.8, 4) is 5.75 Å². The molecule has 0 unspecified atom stereocenters. The molecule has 2 N–H and O–H groups in total. The third kappa shape index (κ3) is 5.37. The quantitative estimate of drug-likeness (QED) is 0.607. The number of halogens is 1. The Kier molecular flexibility index (Phi) is 7.16. The van der Waals surface area contributed by atoms with Crippen LogP contribution in [-0.4, -0.2) is 18.8 Å². The molecule has 0 aliphatic carbocycles. The van der Waals surface area contributed by atoms with Crippen molar-refractivity contribution >= 4 is 33.3 Å². The van der Waals surface area contributed by atoms with Gasteiger partial charge in [0.25, 0.3) is 0 Å². The average Bonchev–Trinajstić information content (AvgIpc) is 2.38. The lowest BCUT2D eigenvalue weighted by Crippen LogP contribution is -2.37. The molecule has 5 heteroatoms. The van der Waals surface area contributed by atoms with Crippen LogP contribution in [0.25, 0.3) is 0 Å². The lowest BCUT2D eigenvalue weighted by molar-refractivity contribution is 0.412. The Morgan fingerprint density at radius 3 is 2.79 bits per heavy atom. The maximum atomic E-state index is 5.27. The maximum absolute atomic E-state index is 5.27. The van der Waals surface area contributed by atoms with Gasteiger partial charge in [-0.25, -0.2) is 0 Å². The number of thiocarbonyl (C=S) groups is 1. The van der Waals surface area contributed by atoms with Crippen LogP contribution in [0.2, 0.25) is 0 Å². The van der Waals surface area contributed by atoms with E-state index in [1.807, 2.05) is 18.2 Å². The van der Waals surface area contributed by atoms with Crippen LogP contribution in [0.4, 0.5) is 0 Å². The van der Waals surface area contributed by atoms with E-state index in [9.17, 15) is 0 Å². The van der Waals surface area contributed by atoms with E-state index >= 15 is 0 Å². The monoisotopic (exact) mass is 344 g/mol. The molecular weight excluding hydrogens is 324 g/mol. The van der Waals surface area contributed by atoms with Crippen molar-refractivity contribution in [2.75, 3.05) is 13.7 Å². The molecule has 3 nitrogen and oxygen atoms in total. The molecule has 0 bridgehead atoms. The minimum absolute atomic E-state index is 0.156. The highest BCUT2D eigenvalue weighted by atomic mass is 79.9. The van der Waals surface area contributed by atoms with E-state index in [4.69, 9.17) is 17.0 Å². The molecule has 0 heterocycles. The van der Waals surface area contributed by atoms with E-state index in [0.717, 1.165) is 35.2 Å².